The molecule has 0 atom stereocenters. The maximum absolute atomic E-state index is 11.9. The van der Waals surface area contributed by atoms with E-state index in [4.69, 9.17) is 9.94 Å². The van der Waals surface area contributed by atoms with Gasteiger partial charge in [0, 0.05) is 18.7 Å². The van der Waals surface area contributed by atoms with E-state index in [1.54, 1.807) is 4.90 Å². The van der Waals surface area contributed by atoms with Crippen LogP contribution in [0.1, 0.15) is 31.4 Å². The van der Waals surface area contributed by atoms with Gasteiger partial charge in [-0.3, -0.25) is 4.79 Å². The van der Waals surface area contributed by atoms with Crippen molar-refractivity contribution in [1.82, 2.24) is 4.90 Å². The minimum Gasteiger partial charge on any atom is -0.484 e. The number of carbonyl (C=O) groups excluding carboxylic acids is 1. The molecule has 0 unspecified atom stereocenters. The number of ether oxygens (including phenoxy) is 1. The molecule has 1 N–H and O–H groups in total. The second kappa shape index (κ2) is 6.41. The van der Waals surface area contributed by atoms with Crippen LogP contribution in [-0.2, 0) is 11.2 Å². The standard InChI is InChI=1S/C15H20N2O3/c1-3-17(4-2)15(18)10-20-12-6-7-13-11(9-12)5-8-14(13)16-19/h6-7,9,19H,3-5,8,10H2,1-2H3/b16-14+. The van der Waals surface area contributed by atoms with E-state index in [1.807, 2.05) is 32.0 Å². The number of hydrogen-bond donors (Lipinski definition) is 1. The summed E-state index contributed by atoms with van der Waals surface area (Å²) < 4.78 is 5.55. The summed E-state index contributed by atoms with van der Waals surface area (Å²) >= 11 is 0. The lowest BCUT2D eigenvalue weighted by Gasteiger charge is -2.18. The van der Waals surface area contributed by atoms with Crippen LogP contribution in [0.5, 0.6) is 5.75 Å². The molecule has 5 nitrogen and oxygen atoms in total. The molecule has 0 spiro atoms. The Morgan fingerprint density at radius 1 is 1.35 bits per heavy atom. The maximum Gasteiger partial charge on any atom is 0.260 e. The fraction of sp³-hybridized carbons (Fsp3) is 0.467. The van der Waals surface area contributed by atoms with Crippen molar-refractivity contribution in [2.45, 2.75) is 26.7 Å². The van der Waals surface area contributed by atoms with Crippen LogP contribution in [0, 0.1) is 0 Å². The van der Waals surface area contributed by atoms with Crippen molar-refractivity contribution in [3.63, 3.8) is 0 Å². The molecule has 20 heavy (non-hydrogen) atoms. The highest BCUT2D eigenvalue weighted by atomic mass is 16.5. The minimum atomic E-state index is -0.00638. The highest BCUT2D eigenvalue weighted by Gasteiger charge is 2.19. The average molecular weight is 276 g/mol. The van der Waals surface area contributed by atoms with E-state index >= 15 is 0 Å². The van der Waals surface area contributed by atoms with E-state index in [0.29, 0.717) is 24.6 Å². The van der Waals surface area contributed by atoms with Crippen LogP contribution >= 0.6 is 0 Å². The van der Waals surface area contributed by atoms with E-state index in [9.17, 15) is 4.79 Å². The molecule has 2 rings (SSSR count). The molecule has 108 valence electrons. The number of nitrogens with zero attached hydrogens (tertiary/aromatic N) is 2. The number of hydrogen-bond acceptors (Lipinski definition) is 4. The third kappa shape index (κ3) is 2.92. The number of oxime groups is 1. The fourth-order valence-electron chi connectivity index (χ4n) is 2.45. The van der Waals surface area contributed by atoms with Gasteiger partial charge in [-0.05, 0) is 50.5 Å². The summed E-state index contributed by atoms with van der Waals surface area (Å²) in [5.74, 6) is 0.677. The Bertz CT molecular complexity index is 522. The lowest BCUT2D eigenvalue weighted by molar-refractivity contribution is -0.132. The Kier molecular flexibility index (Phi) is 4.61. The largest absolute Gasteiger partial charge is 0.484 e. The van der Waals surface area contributed by atoms with E-state index in [1.165, 1.54) is 0 Å². The second-order valence-electron chi connectivity index (χ2n) is 4.72. The fourth-order valence-corrected chi connectivity index (χ4v) is 2.45. The molecule has 0 aliphatic heterocycles. The van der Waals surface area contributed by atoms with Crippen molar-refractivity contribution in [3.8, 4) is 5.75 Å². The van der Waals surface area contributed by atoms with Gasteiger partial charge in [0.1, 0.15) is 5.75 Å². The molecule has 0 saturated heterocycles. The normalized spacial score (nSPS) is 15.2. The number of benzene rings is 1. The van der Waals surface area contributed by atoms with Crippen molar-refractivity contribution in [1.29, 1.82) is 0 Å². The first-order valence-electron chi connectivity index (χ1n) is 6.94. The molecule has 0 bridgehead atoms. The van der Waals surface area contributed by atoms with Crippen molar-refractivity contribution >= 4 is 11.6 Å². The van der Waals surface area contributed by atoms with E-state index in [0.717, 1.165) is 24.0 Å². The van der Waals surface area contributed by atoms with Gasteiger partial charge in [0.05, 0.1) is 5.71 Å². The van der Waals surface area contributed by atoms with Crippen LogP contribution in [0.25, 0.3) is 0 Å². The first kappa shape index (κ1) is 14.4. The molecule has 0 heterocycles. The predicted octanol–water partition coefficient (Wildman–Crippen LogP) is 2.06. The van der Waals surface area contributed by atoms with Gasteiger partial charge in [0.2, 0.25) is 0 Å². The average Bonchev–Trinajstić information content (AvgIpc) is 2.88. The SMILES string of the molecule is CCN(CC)C(=O)COc1ccc2c(c1)CC/C2=N\O. The Labute approximate surface area is 118 Å². The third-order valence-corrected chi connectivity index (χ3v) is 3.62. The van der Waals surface area contributed by atoms with E-state index in [2.05, 4.69) is 5.16 Å². The number of likely N-dealkylation sites (N-methyl/N-ethyl adjacent to an activating group) is 1. The topological polar surface area (TPSA) is 62.1 Å². The zero-order chi connectivity index (χ0) is 14.5. The Morgan fingerprint density at radius 2 is 2.10 bits per heavy atom. The van der Waals surface area contributed by atoms with Gasteiger partial charge < -0.3 is 14.8 Å². The van der Waals surface area contributed by atoms with Crippen molar-refractivity contribution in [3.05, 3.63) is 29.3 Å². The number of fused-ring (bicyclic) bond motifs is 1. The quantitative estimate of drug-likeness (QED) is 0.661. The summed E-state index contributed by atoms with van der Waals surface area (Å²) in [5.41, 5.74) is 2.78. The number of aryl methyl sites for hydroxylation is 1. The van der Waals surface area contributed by atoms with Crippen LogP contribution in [0.2, 0.25) is 0 Å². The number of rotatable bonds is 5. The second-order valence-corrected chi connectivity index (χ2v) is 4.72. The summed E-state index contributed by atoms with van der Waals surface area (Å²) in [5, 5.41) is 12.2. The summed E-state index contributed by atoms with van der Waals surface area (Å²) in [6.45, 7) is 5.35. The van der Waals surface area contributed by atoms with Gasteiger partial charge in [-0.15, -0.1) is 0 Å². The number of amides is 1. The monoisotopic (exact) mass is 276 g/mol. The lowest BCUT2D eigenvalue weighted by atomic mass is 10.1. The first-order chi connectivity index (χ1) is 9.69. The van der Waals surface area contributed by atoms with Crippen LogP contribution in [0.3, 0.4) is 0 Å². The van der Waals surface area contributed by atoms with Crippen molar-refractivity contribution in [2.24, 2.45) is 5.16 Å². The molecule has 1 aliphatic carbocycles. The number of carbonyl (C=O) groups is 1. The molecular formula is C15H20N2O3. The molecule has 1 aliphatic rings. The Balaban J connectivity index is 2.00. The third-order valence-electron chi connectivity index (χ3n) is 3.62. The molecule has 0 fully saturated rings. The molecule has 1 aromatic rings. The van der Waals surface area contributed by atoms with Crippen LogP contribution in [0.4, 0.5) is 0 Å². The molecule has 1 aromatic carbocycles. The van der Waals surface area contributed by atoms with Gasteiger partial charge in [0.15, 0.2) is 6.61 Å². The summed E-state index contributed by atoms with van der Waals surface area (Å²) in [7, 11) is 0. The molecule has 0 radical (unpaired) electrons. The Morgan fingerprint density at radius 3 is 2.75 bits per heavy atom. The summed E-state index contributed by atoms with van der Waals surface area (Å²) in [6, 6.07) is 5.61. The Hall–Kier alpha value is -2.04. The summed E-state index contributed by atoms with van der Waals surface area (Å²) in [4.78, 5) is 13.6. The van der Waals surface area contributed by atoms with Crippen LogP contribution < -0.4 is 4.74 Å². The van der Waals surface area contributed by atoms with Crippen LogP contribution in [-0.4, -0.2) is 41.4 Å². The molecule has 5 heteroatoms. The molecule has 1 amide bonds. The lowest BCUT2D eigenvalue weighted by Crippen LogP contribution is -2.34. The highest BCUT2D eigenvalue weighted by molar-refractivity contribution is 6.04. The predicted molar refractivity (Wildman–Crippen MR) is 76.5 cm³/mol. The van der Waals surface area contributed by atoms with Gasteiger partial charge >= 0.3 is 0 Å². The smallest absolute Gasteiger partial charge is 0.260 e. The van der Waals surface area contributed by atoms with Crippen molar-refractivity contribution < 1.29 is 14.7 Å². The summed E-state index contributed by atoms with van der Waals surface area (Å²) in [6.07, 6.45) is 1.59. The van der Waals surface area contributed by atoms with Gasteiger partial charge in [0.25, 0.3) is 5.91 Å². The van der Waals surface area contributed by atoms with Gasteiger partial charge in [-0.1, -0.05) is 5.16 Å². The van der Waals surface area contributed by atoms with Crippen LogP contribution in [0.15, 0.2) is 23.4 Å². The molecule has 0 saturated carbocycles. The molecular weight excluding hydrogens is 256 g/mol. The zero-order valence-electron chi connectivity index (χ0n) is 11.9. The van der Waals surface area contributed by atoms with Crippen molar-refractivity contribution in [2.75, 3.05) is 19.7 Å². The minimum absolute atomic E-state index is 0.00638. The van der Waals surface area contributed by atoms with Gasteiger partial charge in [-0.25, -0.2) is 0 Å². The zero-order valence-corrected chi connectivity index (χ0v) is 11.9. The first-order valence-corrected chi connectivity index (χ1v) is 6.94. The highest BCUT2D eigenvalue weighted by Crippen LogP contribution is 2.26. The van der Waals surface area contributed by atoms with E-state index in [-0.39, 0.29) is 12.5 Å². The van der Waals surface area contributed by atoms with Gasteiger partial charge in [-0.2, -0.15) is 0 Å². The van der Waals surface area contributed by atoms with E-state index < -0.39 is 0 Å². The molecule has 0 aromatic heterocycles. The maximum atomic E-state index is 11.9.